The van der Waals surface area contributed by atoms with Crippen LogP contribution in [0.15, 0.2) is 36.4 Å². The summed E-state index contributed by atoms with van der Waals surface area (Å²) in [6, 6.07) is 11.8. The average Bonchev–Trinajstić information content (AvgIpc) is 3.09. The molecule has 0 N–H and O–H groups in total. The molecular weight excluding hydrogens is 351 g/mol. The summed E-state index contributed by atoms with van der Waals surface area (Å²) < 4.78 is 16.7. The summed E-state index contributed by atoms with van der Waals surface area (Å²) in [6.07, 6.45) is 0. The van der Waals surface area contributed by atoms with Crippen LogP contribution in [-0.4, -0.2) is 20.2 Å². The first-order chi connectivity index (χ1) is 13.1. The number of nitrogens with zero attached hydrogens (tertiary/aromatic N) is 4. The van der Waals surface area contributed by atoms with E-state index in [0.717, 1.165) is 5.69 Å². The van der Waals surface area contributed by atoms with Crippen molar-refractivity contribution in [2.45, 2.75) is 66.0 Å². The van der Waals surface area contributed by atoms with Crippen LogP contribution in [0.2, 0.25) is 0 Å². The van der Waals surface area contributed by atoms with Gasteiger partial charge in [-0.3, -0.25) is 0 Å². The fourth-order valence-corrected chi connectivity index (χ4v) is 3.66. The largest absolute Gasteiger partial charge is 0.239 e. The van der Waals surface area contributed by atoms with Gasteiger partial charge in [0.25, 0.3) is 0 Å². The van der Waals surface area contributed by atoms with Crippen molar-refractivity contribution in [1.29, 1.82) is 0 Å². The number of aromatic nitrogens is 4. The lowest BCUT2D eigenvalue weighted by Gasteiger charge is -2.22. The van der Waals surface area contributed by atoms with Crippen molar-refractivity contribution in [1.82, 2.24) is 20.2 Å². The summed E-state index contributed by atoms with van der Waals surface area (Å²) in [6.45, 7) is 13.9. The van der Waals surface area contributed by atoms with Crippen LogP contribution in [-0.2, 0) is 5.67 Å². The molecule has 0 spiro atoms. The minimum absolute atomic E-state index is 0.303. The fraction of sp³-hybridized carbons (Fsp3) is 0.435. The molecule has 0 radical (unpaired) electrons. The second kappa shape index (κ2) is 7.46. The molecule has 0 bridgehead atoms. The topological polar surface area (TPSA) is 43.6 Å². The lowest BCUT2D eigenvalue weighted by molar-refractivity contribution is 0.222. The molecule has 5 heteroatoms. The third-order valence-electron chi connectivity index (χ3n) is 5.05. The molecule has 3 rings (SSSR count). The zero-order chi connectivity index (χ0) is 20.6. The lowest BCUT2D eigenvalue weighted by atomic mass is 9.90. The van der Waals surface area contributed by atoms with E-state index in [0.29, 0.717) is 28.8 Å². The van der Waals surface area contributed by atoms with Gasteiger partial charge in [-0.15, -0.1) is 5.10 Å². The Kier molecular flexibility index (Phi) is 5.37. The maximum absolute atomic E-state index is 14.9. The van der Waals surface area contributed by atoms with E-state index in [9.17, 15) is 4.39 Å². The van der Waals surface area contributed by atoms with Gasteiger partial charge in [-0.1, -0.05) is 69.7 Å². The molecule has 0 saturated heterocycles. The third kappa shape index (κ3) is 3.71. The number of tetrazole rings is 1. The Morgan fingerprint density at radius 3 is 2.07 bits per heavy atom. The first-order valence-corrected chi connectivity index (χ1v) is 9.83. The minimum atomic E-state index is -1.50. The summed E-state index contributed by atoms with van der Waals surface area (Å²) >= 11 is 0. The molecule has 148 valence electrons. The molecule has 3 aromatic rings. The SMILES string of the molecule is Cc1cc(C(C)C)c(-n2nnnc2-c2ccccc2C(C)(C)F)c(C(C)C)c1. The molecule has 28 heavy (non-hydrogen) atoms. The molecule has 0 atom stereocenters. The van der Waals surface area contributed by atoms with Crippen LogP contribution in [0.1, 0.15) is 75.6 Å². The van der Waals surface area contributed by atoms with Gasteiger partial charge >= 0.3 is 0 Å². The van der Waals surface area contributed by atoms with Crippen molar-refractivity contribution in [3.8, 4) is 17.1 Å². The molecule has 0 saturated carbocycles. The number of alkyl halides is 1. The molecule has 0 aliphatic rings. The van der Waals surface area contributed by atoms with Crippen molar-refractivity contribution >= 4 is 0 Å². The molecule has 0 amide bonds. The van der Waals surface area contributed by atoms with E-state index < -0.39 is 5.67 Å². The van der Waals surface area contributed by atoms with E-state index in [4.69, 9.17) is 0 Å². The van der Waals surface area contributed by atoms with E-state index >= 15 is 0 Å². The van der Waals surface area contributed by atoms with Crippen molar-refractivity contribution in [2.24, 2.45) is 0 Å². The van der Waals surface area contributed by atoms with Gasteiger partial charge in [0.2, 0.25) is 0 Å². The maximum Gasteiger partial charge on any atom is 0.187 e. The monoisotopic (exact) mass is 380 g/mol. The van der Waals surface area contributed by atoms with Gasteiger partial charge in [0.15, 0.2) is 5.82 Å². The van der Waals surface area contributed by atoms with Gasteiger partial charge in [-0.25, -0.2) is 4.39 Å². The third-order valence-corrected chi connectivity index (χ3v) is 5.05. The van der Waals surface area contributed by atoms with Gasteiger partial charge in [-0.2, -0.15) is 4.68 Å². The average molecular weight is 381 g/mol. The van der Waals surface area contributed by atoms with Gasteiger partial charge in [-0.05, 0) is 59.7 Å². The van der Waals surface area contributed by atoms with E-state index in [2.05, 4.69) is 62.3 Å². The first-order valence-electron chi connectivity index (χ1n) is 9.83. The van der Waals surface area contributed by atoms with E-state index in [-0.39, 0.29) is 0 Å². The van der Waals surface area contributed by atoms with Gasteiger partial charge < -0.3 is 0 Å². The number of aryl methyl sites for hydroxylation is 1. The van der Waals surface area contributed by atoms with Crippen LogP contribution < -0.4 is 0 Å². The van der Waals surface area contributed by atoms with Crippen LogP contribution in [0.25, 0.3) is 17.1 Å². The molecule has 0 aliphatic heterocycles. The molecule has 0 fully saturated rings. The van der Waals surface area contributed by atoms with Gasteiger partial charge in [0, 0.05) is 5.56 Å². The highest BCUT2D eigenvalue weighted by atomic mass is 19.1. The molecule has 1 aromatic heterocycles. The van der Waals surface area contributed by atoms with Crippen LogP contribution in [0.4, 0.5) is 4.39 Å². The number of halogens is 1. The Labute approximate surface area is 166 Å². The smallest absolute Gasteiger partial charge is 0.187 e. The first kappa shape index (κ1) is 20.2. The molecule has 2 aromatic carbocycles. The van der Waals surface area contributed by atoms with Crippen LogP contribution in [0.3, 0.4) is 0 Å². The van der Waals surface area contributed by atoms with Crippen LogP contribution >= 0.6 is 0 Å². The summed E-state index contributed by atoms with van der Waals surface area (Å²) in [4.78, 5) is 0. The highest BCUT2D eigenvalue weighted by molar-refractivity contribution is 5.65. The Bertz CT molecular complexity index is 951. The minimum Gasteiger partial charge on any atom is -0.239 e. The predicted molar refractivity (Wildman–Crippen MR) is 112 cm³/mol. The van der Waals surface area contributed by atoms with Crippen molar-refractivity contribution in [3.05, 3.63) is 58.7 Å². The van der Waals surface area contributed by atoms with E-state index in [1.54, 1.807) is 24.6 Å². The highest BCUT2D eigenvalue weighted by Gasteiger charge is 2.27. The zero-order valence-electron chi connectivity index (χ0n) is 17.8. The second-order valence-corrected chi connectivity index (χ2v) is 8.53. The van der Waals surface area contributed by atoms with Gasteiger partial charge in [0.1, 0.15) is 5.67 Å². The van der Waals surface area contributed by atoms with E-state index in [1.165, 1.54) is 16.7 Å². The number of benzene rings is 2. The standard InChI is InChI=1S/C23H29FN4/c1-14(2)18-12-16(5)13-19(15(3)4)21(18)28-22(25-26-27-28)17-10-8-9-11-20(17)23(6,7)24/h8-15H,1-7H3. The molecule has 0 unspecified atom stereocenters. The Morgan fingerprint density at radius 2 is 1.54 bits per heavy atom. The fourth-order valence-electron chi connectivity index (χ4n) is 3.66. The second-order valence-electron chi connectivity index (χ2n) is 8.53. The summed E-state index contributed by atoms with van der Waals surface area (Å²) in [5.74, 6) is 1.17. The van der Waals surface area contributed by atoms with Gasteiger partial charge in [0.05, 0.1) is 5.69 Å². The van der Waals surface area contributed by atoms with E-state index in [1.807, 2.05) is 18.2 Å². The van der Waals surface area contributed by atoms with Crippen LogP contribution in [0.5, 0.6) is 0 Å². The normalized spacial score (nSPS) is 12.2. The van der Waals surface area contributed by atoms with Crippen molar-refractivity contribution in [3.63, 3.8) is 0 Å². The van der Waals surface area contributed by atoms with Crippen LogP contribution in [0, 0.1) is 6.92 Å². The van der Waals surface area contributed by atoms with Crippen molar-refractivity contribution < 1.29 is 4.39 Å². The van der Waals surface area contributed by atoms with Crippen molar-refractivity contribution in [2.75, 3.05) is 0 Å². The quantitative estimate of drug-likeness (QED) is 0.538. The summed E-state index contributed by atoms with van der Waals surface area (Å²) in [5.41, 5.74) is 4.39. The Morgan fingerprint density at radius 1 is 0.964 bits per heavy atom. The number of hydrogen-bond donors (Lipinski definition) is 0. The molecule has 0 aliphatic carbocycles. The molecule has 1 heterocycles. The zero-order valence-corrected chi connectivity index (χ0v) is 17.8. The predicted octanol–water partition coefficient (Wildman–Crippen LogP) is 6.09. The Balaban J connectivity index is 2.33. The maximum atomic E-state index is 14.9. The Hall–Kier alpha value is -2.56. The number of rotatable bonds is 5. The number of hydrogen-bond acceptors (Lipinski definition) is 3. The lowest BCUT2D eigenvalue weighted by Crippen LogP contribution is -2.14. The highest BCUT2D eigenvalue weighted by Crippen LogP contribution is 2.37. The molecule has 4 nitrogen and oxygen atoms in total. The molecular formula is C23H29FN4. The summed E-state index contributed by atoms with van der Waals surface area (Å²) in [7, 11) is 0. The summed E-state index contributed by atoms with van der Waals surface area (Å²) in [5, 5.41) is 12.6.